The first-order valence-electron chi connectivity index (χ1n) is 2.72. The second kappa shape index (κ2) is 4.75. The maximum Gasteiger partial charge on any atom is 0.319 e. The highest BCUT2D eigenvalue weighted by Crippen LogP contribution is 1.67. The molecule has 0 aromatic carbocycles. The number of ether oxygens (including phenoxy) is 1. The predicted molar refractivity (Wildman–Crippen MR) is 34.1 cm³/mol. The van der Waals surface area contributed by atoms with Crippen molar-refractivity contribution in [2.75, 3.05) is 20.2 Å². The maximum absolute atomic E-state index is 10.4. The number of nitrogens with one attached hydrogen (secondary N) is 1. The van der Waals surface area contributed by atoms with Gasteiger partial charge in [-0.2, -0.15) is 0 Å². The van der Waals surface area contributed by atoms with E-state index in [-0.39, 0.29) is 13.1 Å². The van der Waals surface area contributed by atoms with E-state index in [1.54, 1.807) is 0 Å². The van der Waals surface area contributed by atoms with Gasteiger partial charge >= 0.3 is 5.97 Å². The lowest BCUT2D eigenvalue weighted by Crippen LogP contribution is -2.32. The predicted octanol–water partition coefficient (Wildman–Crippen LogP) is -1.77. The molecule has 58 valence electrons. The largest absolute Gasteiger partial charge is 0.468 e. The van der Waals surface area contributed by atoms with Crippen LogP contribution in [0.2, 0.25) is 0 Å². The smallest absolute Gasteiger partial charge is 0.319 e. The van der Waals surface area contributed by atoms with Crippen LogP contribution in [-0.4, -0.2) is 32.1 Å². The van der Waals surface area contributed by atoms with Crippen LogP contribution in [0.5, 0.6) is 0 Å². The SMILES string of the molecule is COC(=O)CNCC(N)=O. The van der Waals surface area contributed by atoms with Gasteiger partial charge in [-0.15, -0.1) is 0 Å². The van der Waals surface area contributed by atoms with E-state index in [4.69, 9.17) is 5.73 Å². The lowest BCUT2D eigenvalue weighted by molar-refractivity contribution is -0.139. The van der Waals surface area contributed by atoms with Crippen molar-refractivity contribution in [3.63, 3.8) is 0 Å². The molecular formula is C5H10N2O3. The summed E-state index contributed by atoms with van der Waals surface area (Å²) in [4.78, 5) is 20.4. The Kier molecular flexibility index (Phi) is 4.23. The molecule has 0 bridgehead atoms. The number of carbonyl (C=O) groups excluding carboxylic acids is 2. The van der Waals surface area contributed by atoms with Gasteiger partial charge in [-0.1, -0.05) is 0 Å². The van der Waals surface area contributed by atoms with Gasteiger partial charge < -0.3 is 10.5 Å². The molecule has 0 aromatic rings. The minimum absolute atomic E-state index is 0.00486. The van der Waals surface area contributed by atoms with Gasteiger partial charge in [-0.3, -0.25) is 14.9 Å². The van der Waals surface area contributed by atoms with Gasteiger partial charge in [0.1, 0.15) is 0 Å². The Morgan fingerprint density at radius 3 is 2.50 bits per heavy atom. The topological polar surface area (TPSA) is 81.4 Å². The summed E-state index contributed by atoms with van der Waals surface area (Å²) < 4.78 is 4.28. The third kappa shape index (κ3) is 5.04. The van der Waals surface area contributed by atoms with Gasteiger partial charge in [0.15, 0.2) is 0 Å². The summed E-state index contributed by atoms with van der Waals surface area (Å²) in [6.07, 6.45) is 0. The molecule has 0 radical (unpaired) electrons. The van der Waals surface area contributed by atoms with Crippen molar-refractivity contribution in [1.29, 1.82) is 0 Å². The normalized spacial score (nSPS) is 8.90. The van der Waals surface area contributed by atoms with Crippen molar-refractivity contribution in [3.05, 3.63) is 0 Å². The standard InChI is InChI=1S/C5H10N2O3/c1-10-5(9)3-7-2-4(6)8/h7H,2-3H2,1H3,(H2,6,8). The van der Waals surface area contributed by atoms with Crippen molar-refractivity contribution >= 4 is 11.9 Å². The van der Waals surface area contributed by atoms with E-state index in [2.05, 4.69) is 10.1 Å². The van der Waals surface area contributed by atoms with E-state index in [0.717, 1.165) is 0 Å². The number of carbonyl (C=O) groups is 2. The number of hydrogen-bond acceptors (Lipinski definition) is 4. The number of hydrogen-bond donors (Lipinski definition) is 2. The molecule has 0 unspecified atom stereocenters. The lowest BCUT2D eigenvalue weighted by atomic mass is 10.5. The average Bonchev–Trinajstić information content (AvgIpc) is 1.87. The fourth-order valence-corrected chi connectivity index (χ4v) is 0.360. The Labute approximate surface area is 58.5 Å². The van der Waals surface area contributed by atoms with E-state index in [1.165, 1.54) is 7.11 Å². The second-order valence-electron chi connectivity index (χ2n) is 1.65. The fourth-order valence-electron chi connectivity index (χ4n) is 0.360. The molecule has 0 saturated carbocycles. The number of esters is 1. The van der Waals surface area contributed by atoms with Crippen molar-refractivity contribution in [2.45, 2.75) is 0 Å². The van der Waals surface area contributed by atoms with Gasteiger partial charge in [0.25, 0.3) is 0 Å². The summed E-state index contributed by atoms with van der Waals surface area (Å²) >= 11 is 0. The summed E-state index contributed by atoms with van der Waals surface area (Å²) in [7, 11) is 1.27. The molecule has 0 atom stereocenters. The highest BCUT2D eigenvalue weighted by Gasteiger charge is 1.98. The minimum Gasteiger partial charge on any atom is -0.468 e. The average molecular weight is 146 g/mol. The van der Waals surface area contributed by atoms with Crippen molar-refractivity contribution in [2.24, 2.45) is 5.73 Å². The molecule has 5 nitrogen and oxygen atoms in total. The van der Waals surface area contributed by atoms with Crippen molar-refractivity contribution in [1.82, 2.24) is 5.32 Å². The molecule has 0 heterocycles. The van der Waals surface area contributed by atoms with Crippen LogP contribution in [0.1, 0.15) is 0 Å². The highest BCUT2D eigenvalue weighted by molar-refractivity contribution is 5.77. The zero-order valence-electron chi connectivity index (χ0n) is 5.72. The number of methoxy groups -OCH3 is 1. The summed E-state index contributed by atoms with van der Waals surface area (Å²) in [5, 5.41) is 2.49. The fraction of sp³-hybridized carbons (Fsp3) is 0.600. The van der Waals surface area contributed by atoms with Gasteiger partial charge in [0.2, 0.25) is 5.91 Å². The van der Waals surface area contributed by atoms with E-state index in [0.29, 0.717) is 0 Å². The Hall–Kier alpha value is -1.10. The van der Waals surface area contributed by atoms with Crippen LogP contribution in [0.15, 0.2) is 0 Å². The summed E-state index contributed by atoms with van der Waals surface area (Å²) in [6.45, 7) is 0.00847. The van der Waals surface area contributed by atoms with Gasteiger partial charge in [-0.05, 0) is 0 Å². The van der Waals surface area contributed by atoms with Crippen LogP contribution in [-0.2, 0) is 14.3 Å². The molecule has 0 rings (SSSR count). The molecule has 3 N–H and O–H groups in total. The summed E-state index contributed by atoms with van der Waals surface area (Å²) in [5.41, 5.74) is 4.77. The van der Waals surface area contributed by atoms with E-state index in [1.807, 2.05) is 0 Å². The zero-order valence-corrected chi connectivity index (χ0v) is 5.72. The van der Waals surface area contributed by atoms with E-state index >= 15 is 0 Å². The molecule has 0 aliphatic carbocycles. The first-order valence-corrected chi connectivity index (χ1v) is 2.72. The van der Waals surface area contributed by atoms with Gasteiger partial charge in [0, 0.05) is 0 Å². The van der Waals surface area contributed by atoms with Crippen LogP contribution >= 0.6 is 0 Å². The molecule has 0 spiro atoms. The van der Waals surface area contributed by atoms with Gasteiger partial charge in [-0.25, -0.2) is 0 Å². The first-order chi connectivity index (χ1) is 4.66. The quantitative estimate of drug-likeness (QED) is 0.460. The molecule has 0 fully saturated rings. The van der Waals surface area contributed by atoms with Crippen LogP contribution in [0, 0.1) is 0 Å². The molecule has 0 aliphatic heterocycles. The zero-order chi connectivity index (χ0) is 7.98. The van der Waals surface area contributed by atoms with Crippen molar-refractivity contribution in [3.8, 4) is 0 Å². The number of nitrogens with two attached hydrogens (primary N) is 1. The number of amides is 1. The van der Waals surface area contributed by atoms with Gasteiger partial charge in [0.05, 0.1) is 20.2 Å². The second-order valence-corrected chi connectivity index (χ2v) is 1.65. The van der Waals surface area contributed by atoms with E-state index in [9.17, 15) is 9.59 Å². The Balaban J connectivity index is 3.20. The van der Waals surface area contributed by atoms with Crippen LogP contribution in [0.4, 0.5) is 0 Å². The van der Waals surface area contributed by atoms with Crippen molar-refractivity contribution < 1.29 is 14.3 Å². The Bertz CT molecular complexity index is 135. The van der Waals surface area contributed by atoms with Crippen LogP contribution in [0.3, 0.4) is 0 Å². The molecular weight excluding hydrogens is 136 g/mol. The highest BCUT2D eigenvalue weighted by atomic mass is 16.5. The molecule has 10 heavy (non-hydrogen) atoms. The van der Waals surface area contributed by atoms with Crippen LogP contribution < -0.4 is 11.1 Å². The molecule has 0 aromatic heterocycles. The molecule has 0 aliphatic rings. The number of rotatable bonds is 4. The maximum atomic E-state index is 10.4. The molecule has 1 amide bonds. The third-order valence-electron chi connectivity index (χ3n) is 0.796. The number of primary amides is 1. The molecule has 5 heteroatoms. The van der Waals surface area contributed by atoms with E-state index < -0.39 is 11.9 Å². The lowest BCUT2D eigenvalue weighted by Gasteiger charge is -1.98. The Morgan fingerprint density at radius 1 is 1.50 bits per heavy atom. The Morgan fingerprint density at radius 2 is 2.10 bits per heavy atom. The molecule has 0 saturated heterocycles. The van der Waals surface area contributed by atoms with Crippen LogP contribution in [0.25, 0.3) is 0 Å². The summed E-state index contributed by atoms with van der Waals surface area (Å²) in [6, 6.07) is 0. The monoisotopic (exact) mass is 146 g/mol. The minimum atomic E-state index is -0.496. The third-order valence-corrected chi connectivity index (χ3v) is 0.796. The summed E-state index contributed by atoms with van der Waals surface area (Å²) in [5.74, 6) is -0.912. The first kappa shape index (κ1) is 8.90.